The van der Waals surface area contributed by atoms with Crippen LogP contribution in [0.25, 0.3) is 0 Å². The summed E-state index contributed by atoms with van der Waals surface area (Å²) in [6, 6.07) is 7.99. The van der Waals surface area contributed by atoms with Gasteiger partial charge in [0, 0.05) is 25.0 Å². The van der Waals surface area contributed by atoms with Crippen molar-refractivity contribution in [1.82, 2.24) is 10.3 Å². The van der Waals surface area contributed by atoms with E-state index in [2.05, 4.69) is 15.2 Å². The number of benzene rings is 1. The predicted molar refractivity (Wildman–Crippen MR) is 93.0 cm³/mol. The summed E-state index contributed by atoms with van der Waals surface area (Å²) in [5, 5.41) is 2.72. The zero-order valence-electron chi connectivity index (χ0n) is 14.4. The molecule has 1 aromatic carbocycles. The summed E-state index contributed by atoms with van der Waals surface area (Å²) in [5.74, 6) is -0.407. The second-order valence-electron chi connectivity index (χ2n) is 6.41. The van der Waals surface area contributed by atoms with E-state index in [-0.39, 0.29) is 5.69 Å². The first-order chi connectivity index (χ1) is 12.3. The minimum Gasteiger partial charge on any atom is -0.371 e. The molecule has 1 saturated heterocycles. The molecule has 26 heavy (non-hydrogen) atoms. The number of pyridine rings is 1. The van der Waals surface area contributed by atoms with Crippen molar-refractivity contribution in [3.05, 3.63) is 59.4 Å². The Morgan fingerprint density at radius 2 is 1.92 bits per heavy atom. The normalized spacial score (nSPS) is 15.8. The SMILES string of the molecule is CC(NC(=O)c1cc(N2CCCC2)ccn1)c1cccc(C(F)(F)F)c1. The highest BCUT2D eigenvalue weighted by atomic mass is 19.4. The molecule has 2 heterocycles. The standard InChI is InChI=1S/C19H20F3N3O/c1-13(14-5-4-6-15(11-14)19(20,21)22)24-18(26)17-12-16(7-8-23-17)25-9-2-3-10-25/h4-8,11-13H,2-3,9-10H2,1H3,(H,24,26). The summed E-state index contributed by atoms with van der Waals surface area (Å²) in [6.45, 7) is 3.55. The highest BCUT2D eigenvalue weighted by Gasteiger charge is 2.30. The summed E-state index contributed by atoms with van der Waals surface area (Å²) in [7, 11) is 0. The highest BCUT2D eigenvalue weighted by Crippen LogP contribution is 2.30. The lowest BCUT2D eigenvalue weighted by atomic mass is 10.0. The maximum absolute atomic E-state index is 12.8. The molecule has 1 unspecified atom stereocenters. The van der Waals surface area contributed by atoms with Gasteiger partial charge in [-0.05, 0) is 49.6 Å². The van der Waals surface area contributed by atoms with Crippen molar-refractivity contribution in [3.63, 3.8) is 0 Å². The molecule has 1 aromatic heterocycles. The number of aromatic nitrogens is 1. The fraction of sp³-hybridized carbons (Fsp3) is 0.368. The van der Waals surface area contributed by atoms with E-state index in [9.17, 15) is 18.0 Å². The van der Waals surface area contributed by atoms with Crippen molar-refractivity contribution in [2.24, 2.45) is 0 Å². The number of alkyl halides is 3. The molecule has 2 aromatic rings. The molecule has 1 fully saturated rings. The van der Waals surface area contributed by atoms with Gasteiger partial charge in [0.15, 0.2) is 0 Å². The van der Waals surface area contributed by atoms with Gasteiger partial charge < -0.3 is 10.2 Å². The van der Waals surface area contributed by atoms with Crippen LogP contribution in [-0.4, -0.2) is 24.0 Å². The molecule has 1 amide bonds. The first-order valence-corrected chi connectivity index (χ1v) is 8.53. The summed E-state index contributed by atoms with van der Waals surface area (Å²) < 4.78 is 38.5. The van der Waals surface area contributed by atoms with Crippen molar-refractivity contribution < 1.29 is 18.0 Å². The van der Waals surface area contributed by atoms with Gasteiger partial charge >= 0.3 is 6.18 Å². The van der Waals surface area contributed by atoms with Crippen molar-refractivity contribution in [3.8, 4) is 0 Å². The number of carbonyl (C=O) groups excluding carboxylic acids is 1. The molecule has 1 aliphatic heterocycles. The molecule has 0 spiro atoms. The average Bonchev–Trinajstić information content (AvgIpc) is 3.16. The molecule has 1 atom stereocenters. The Labute approximate surface area is 150 Å². The Morgan fingerprint density at radius 1 is 1.19 bits per heavy atom. The number of nitrogens with one attached hydrogen (secondary N) is 1. The quantitative estimate of drug-likeness (QED) is 0.886. The second-order valence-corrected chi connectivity index (χ2v) is 6.41. The number of hydrogen-bond donors (Lipinski definition) is 1. The van der Waals surface area contributed by atoms with E-state index in [0.717, 1.165) is 43.8 Å². The largest absolute Gasteiger partial charge is 0.416 e. The van der Waals surface area contributed by atoms with Crippen LogP contribution in [0, 0.1) is 0 Å². The Morgan fingerprint density at radius 3 is 2.62 bits per heavy atom. The number of hydrogen-bond acceptors (Lipinski definition) is 3. The summed E-state index contributed by atoms with van der Waals surface area (Å²) >= 11 is 0. The maximum atomic E-state index is 12.8. The van der Waals surface area contributed by atoms with Crippen LogP contribution in [0.4, 0.5) is 18.9 Å². The van der Waals surface area contributed by atoms with E-state index in [1.807, 2.05) is 6.07 Å². The van der Waals surface area contributed by atoms with Crippen molar-refractivity contribution in [2.75, 3.05) is 18.0 Å². The molecule has 1 aliphatic rings. The minimum atomic E-state index is -4.41. The number of amides is 1. The van der Waals surface area contributed by atoms with Crippen molar-refractivity contribution in [2.45, 2.75) is 32.0 Å². The van der Waals surface area contributed by atoms with Crippen LogP contribution < -0.4 is 10.2 Å². The summed E-state index contributed by atoms with van der Waals surface area (Å²) in [6.07, 6.45) is -0.588. The van der Waals surface area contributed by atoms with Crippen LogP contribution >= 0.6 is 0 Å². The number of rotatable bonds is 4. The molecule has 1 N–H and O–H groups in total. The molecular weight excluding hydrogens is 343 g/mol. The Kier molecular flexibility index (Phi) is 5.15. The van der Waals surface area contributed by atoms with Crippen LogP contribution in [-0.2, 0) is 6.18 Å². The monoisotopic (exact) mass is 363 g/mol. The lowest BCUT2D eigenvalue weighted by Crippen LogP contribution is -2.28. The van der Waals surface area contributed by atoms with Crippen LogP contribution in [0.3, 0.4) is 0 Å². The third-order valence-corrected chi connectivity index (χ3v) is 4.51. The maximum Gasteiger partial charge on any atom is 0.416 e. The molecule has 0 saturated carbocycles. The zero-order chi connectivity index (χ0) is 18.7. The van der Waals surface area contributed by atoms with Gasteiger partial charge in [-0.25, -0.2) is 0 Å². The first-order valence-electron chi connectivity index (χ1n) is 8.53. The van der Waals surface area contributed by atoms with Crippen LogP contribution in [0.1, 0.15) is 47.4 Å². The van der Waals surface area contributed by atoms with Crippen LogP contribution in [0.2, 0.25) is 0 Å². The van der Waals surface area contributed by atoms with Crippen molar-refractivity contribution >= 4 is 11.6 Å². The number of anilines is 1. The highest BCUT2D eigenvalue weighted by molar-refractivity contribution is 5.93. The Hall–Kier alpha value is -2.57. The molecule has 0 radical (unpaired) electrons. The van der Waals surface area contributed by atoms with Crippen LogP contribution in [0.5, 0.6) is 0 Å². The third-order valence-electron chi connectivity index (χ3n) is 4.51. The van der Waals surface area contributed by atoms with E-state index in [0.29, 0.717) is 5.56 Å². The lowest BCUT2D eigenvalue weighted by Gasteiger charge is -2.19. The molecule has 138 valence electrons. The lowest BCUT2D eigenvalue weighted by molar-refractivity contribution is -0.137. The number of carbonyl (C=O) groups is 1. The fourth-order valence-electron chi connectivity index (χ4n) is 3.05. The average molecular weight is 363 g/mol. The number of halogens is 3. The van der Waals surface area contributed by atoms with E-state index < -0.39 is 23.7 Å². The third kappa shape index (κ3) is 4.15. The summed E-state index contributed by atoms with van der Waals surface area (Å²) in [5.41, 5.74) is 0.858. The van der Waals surface area contributed by atoms with Gasteiger partial charge in [0.25, 0.3) is 5.91 Å². The van der Waals surface area contributed by atoms with Crippen molar-refractivity contribution in [1.29, 1.82) is 0 Å². The molecule has 4 nitrogen and oxygen atoms in total. The summed E-state index contributed by atoms with van der Waals surface area (Å²) in [4.78, 5) is 18.7. The molecule has 0 bridgehead atoms. The molecule has 7 heteroatoms. The van der Waals surface area contributed by atoms with E-state index in [1.54, 1.807) is 25.3 Å². The molecule has 3 rings (SSSR count). The topological polar surface area (TPSA) is 45.2 Å². The second kappa shape index (κ2) is 7.35. The van der Waals surface area contributed by atoms with Gasteiger partial charge in [-0.1, -0.05) is 12.1 Å². The van der Waals surface area contributed by atoms with Gasteiger partial charge in [-0.15, -0.1) is 0 Å². The minimum absolute atomic E-state index is 0.258. The van der Waals surface area contributed by atoms with E-state index >= 15 is 0 Å². The van der Waals surface area contributed by atoms with E-state index in [4.69, 9.17) is 0 Å². The fourth-order valence-corrected chi connectivity index (χ4v) is 3.05. The zero-order valence-corrected chi connectivity index (χ0v) is 14.4. The van der Waals surface area contributed by atoms with Gasteiger partial charge in [0.1, 0.15) is 5.69 Å². The molecule has 0 aliphatic carbocycles. The van der Waals surface area contributed by atoms with Crippen LogP contribution in [0.15, 0.2) is 42.6 Å². The van der Waals surface area contributed by atoms with Gasteiger partial charge in [-0.3, -0.25) is 9.78 Å². The molecular formula is C19H20F3N3O. The first kappa shape index (κ1) is 18.2. The predicted octanol–water partition coefficient (Wildman–Crippen LogP) is 4.19. The van der Waals surface area contributed by atoms with Gasteiger partial charge in [0.05, 0.1) is 11.6 Å². The smallest absolute Gasteiger partial charge is 0.371 e. The van der Waals surface area contributed by atoms with Gasteiger partial charge in [-0.2, -0.15) is 13.2 Å². The Bertz CT molecular complexity index is 786. The van der Waals surface area contributed by atoms with Gasteiger partial charge in [0.2, 0.25) is 0 Å². The number of nitrogens with zero attached hydrogens (tertiary/aromatic N) is 2. The Balaban J connectivity index is 1.72. The van der Waals surface area contributed by atoms with E-state index in [1.165, 1.54) is 6.07 Å².